The molecule has 12 heteroatoms. The van der Waals surface area contributed by atoms with Gasteiger partial charge in [-0.25, -0.2) is 0 Å². The molecule has 336 valence electrons. The van der Waals surface area contributed by atoms with Crippen LogP contribution in [0, 0.1) is 22.7 Å². The summed E-state index contributed by atoms with van der Waals surface area (Å²) in [7, 11) is 0. The summed E-state index contributed by atoms with van der Waals surface area (Å²) < 4.78 is 26.6. The van der Waals surface area contributed by atoms with E-state index in [1.807, 2.05) is 0 Å². The van der Waals surface area contributed by atoms with E-state index in [2.05, 4.69) is 70.3 Å². The summed E-state index contributed by atoms with van der Waals surface area (Å²) in [5.74, 6) is -0.657. The van der Waals surface area contributed by atoms with Gasteiger partial charge in [0, 0.05) is 32.4 Å². The van der Waals surface area contributed by atoms with Gasteiger partial charge >= 0.3 is 5.97 Å². The highest BCUT2D eigenvalue weighted by molar-refractivity contribution is 5.96. The molecule has 0 aromatic heterocycles. The number of unbranched alkanes of at least 4 members (excludes halogenated alkanes) is 4. The molecule has 1 unspecified atom stereocenters. The van der Waals surface area contributed by atoms with E-state index in [1.54, 1.807) is 9.96 Å². The van der Waals surface area contributed by atoms with Gasteiger partial charge < -0.3 is 34.3 Å². The molecule has 2 N–H and O–H groups in total. The summed E-state index contributed by atoms with van der Waals surface area (Å²) in [5, 5.41) is 13.9. The van der Waals surface area contributed by atoms with Crippen molar-refractivity contribution in [2.75, 3.05) is 19.7 Å². The van der Waals surface area contributed by atoms with Crippen molar-refractivity contribution in [3.05, 3.63) is 41.0 Å². The minimum atomic E-state index is -1.34. The number of hydroxylamine groups is 2. The van der Waals surface area contributed by atoms with Crippen molar-refractivity contribution in [2.45, 2.75) is 198 Å². The van der Waals surface area contributed by atoms with Crippen molar-refractivity contribution in [3.63, 3.8) is 0 Å². The maximum Gasteiger partial charge on any atom is 0.327 e. The topological polar surface area (TPSA) is 139 Å². The number of carbonyl (C=O) groups is 3. The number of carbonyl (C=O) groups excluding carboxylic acids is 3. The van der Waals surface area contributed by atoms with Gasteiger partial charge in [0.15, 0.2) is 11.8 Å². The zero-order chi connectivity index (χ0) is 42.7. The molecule has 12 nitrogen and oxygen atoms in total. The number of aliphatic hydroxyl groups excluding tert-OH is 1. The van der Waals surface area contributed by atoms with Crippen LogP contribution in [0.25, 0.3) is 6.08 Å². The normalized spacial score (nSPS) is 38.7. The molecule has 3 saturated carbocycles. The number of rotatable bonds is 15. The zero-order valence-electron chi connectivity index (χ0n) is 37.3. The maximum absolute atomic E-state index is 15.4. The molecule has 2 bridgehead atoms. The lowest BCUT2D eigenvalue weighted by molar-refractivity contribution is -0.225. The number of likely N-dealkylation sites (tertiary alicyclic amines) is 1. The molecule has 8 aliphatic rings. The van der Waals surface area contributed by atoms with Crippen LogP contribution in [0.15, 0.2) is 29.8 Å². The summed E-state index contributed by atoms with van der Waals surface area (Å²) in [6, 6.07) is 6.80. The summed E-state index contributed by atoms with van der Waals surface area (Å²) >= 11 is 0. The molecule has 2 amide bonds. The Labute approximate surface area is 362 Å². The number of epoxide rings is 1. The first-order chi connectivity index (χ1) is 29.3. The number of nitrogens with one attached hydrogen (secondary N) is 1. The van der Waals surface area contributed by atoms with Crippen molar-refractivity contribution in [2.24, 2.45) is 22.7 Å². The van der Waals surface area contributed by atoms with E-state index in [1.165, 1.54) is 18.4 Å². The largest absolute Gasteiger partial charge is 0.458 e. The van der Waals surface area contributed by atoms with E-state index in [0.717, 1.165) is 68.9 Å². The van der Waals surface area contributed by atoms with Gasteiger partial charge in [-0.2, -0.15) is 5.06 Å². The number of aliphatic hydroxyl groups is 1. The number of amides is 2. The first-order valence-electron chi connectivity index (χ1n) is 24.0. The van der Waals surface area contributed by atoms with Crippen molar-refractivity contribution in [3.8, 4) is 0 Å². The number of allylic oxidation sites excluding steroid dienone is 1. The second-order valence-corrected chi connectivity index (χ2v) is 20.7. The highest BCUT2D eigenvalue weighted by atomic mass is 16.8. The van der Waals surface area contributed by atoms with Crippen molar-refractivity contribution < 1.29 is 43.3 Å². The molecule has 0 radical (unpaired) electrons. The SMILES string of the molecule is CCCCCC1(CCCCC)O[C@@H]2[C@H](O1)[C@H]1ON(Cc3ccc(C=C4CCC5O[C@]5(C)CC[C@@H]5[C@@H]4CC5(C)C)cc3)[C@@H]3C(=O)O[C@@H]2C[C@]13C(=O)N1CCC[C@@H]1C(=O)NCCO. The molecule has 5 aliphatic heterocycles. The second kappa shape index (κ2) is 16.9. The Morgan fingerprint density at radius 3 is 2.38 bits per heavy atom. The highest BCUT2D eigenvalue weighted by Crippen LogP contribution is 2.61. The molecule has 8 fully saturated rings. The van der Waals surface area contributed by atoms with E-state index >= 15 is 4.79 Å². The minimum absolute atomic E-state index is 0.0483. The Hall–Kier alpha value is -2.87. The second-order valence-electron chi connectivity index (χ2n) is 20.7. The summed E-state index contributed by atoms with van der Waals surface area (Å²) in [6.45, 7) is 12.1. The number of nitrogens with zero attached hydrogens (tertiary/aromatic N) is 2. The third-order valence-electron chi connectivity index (χ3n) is 16.3. The van der Waals surface area contributed by atoms with E-state index in [9.17, 15) is 14.7 Å². The van der Waals surface area contributed by atoms with Crippen LogP contribution < -0.4 is 5.32 Å². The smallest absolute Gasteiger partial charge is 0.327 e. The fourth-order valence-corrected chi connectivity index (χ4v) is 12.8. The molecule has 3 aliphatic carbocycles. The van der Waals surface area contributed by atoms with Crippen molar-refractivity contribution >= 4 is 23.9 Å². The molecule has 1 aromatic carbocycles. The van der Waals surface area contributed by atoms with Crippen LogP contribution in [-0.2, 0) is 44.7 Å². The van der Waals surface area contributed by atoms with Crippen LogP contribution in [-0.4, -0.2) is 107 Å². The Morgan fingerprint density at radius 1 is 0.934 bits per heavy atom. The quantitative estimate of drug-likeness (QED) is 0.108. The molecular weight excluding hydrogens is 775 g/mol. The van der Waals surface area contributed by atoms with Crippen molar-refractivity contribution in [1.29, 1.82) is 0 Å². The van der Waals surface area contributed by atoms with Gasteiger partial charge in [0.2, 0.25) is 11.8 Å². The maximum atomic E-state index is 15.4. The van der Waals surface area contributed by atoms with Crippen LogP contribution in [0.4, 0.5) is 0 Å². The number of benzene rings is 1. The average molecular weight is 846 g/mol. The minimum Gasteiger partial charge on any atom is -0.458 e. The number of hydrogen-bond donors (Lipinski definition) is 2. The first kappa shape index (κ1) is 43.4. The molecule has 5 saturated heterocycles. The van der Waals surface area contributed by atoms with Gasteiger partial charge in [0.25, 0.3) is 0 Å². The van der Waals surface area contributed by atoms with Crippen LogP contribution in [0.5, 0.6) is 0 Å². The number of ether oxygens (including phenoxy) is 4. The summed E-state index contributed by atoms with van der Waals surface area (Å²) in [4.78, 5) is 51.9. The standard InChI is InChI=1S/C49H71N3O9/c1-6-8-10-21-48(22-11-9-7-2)59-39-37-29-49(45(56)51-25-12-13-36(51)43(54)50-24-26-53)41(44(55)57-37)52(61-42(49)40(39)60-48)30-32-16-14-31(15-17-32)27-33-18-19-38-47(5,58-38)23-20-35-34(33)28-46(35,3)4/h14-17,27,34-42,53H,6-13,18-26,28-30H2,1-5H3,(H,50,54)/t34-,35-,36-,37-,38?,39+,40+,41-,42-,47-,49-/m1/s1. The van der Waals surface area contributed by atoms with E-state index < -0.39 is 53.7 Å². The van der Waals surface area contributed by atoms with Crippen LogP contribution in [0.3, 0.4) is 0 Å². The first-order valence-corrected chi connectivity index (χ1v) is 24.0. The lowest BCUT2D eigenvalue weighted by atomic mass is 9.52. The lowest BCUT2D eigenvalue weighted by Gasteiger charge is -2.53. The highest BCUT2D eigenvalue weighted by Gasteiger charge is 2.77. The molecule has 11 atom stereocenters. The third-order valence-corrected chi connectivity index (χ3v) is 16.3. The fourth-order valence-electron chi connectivity index (χ4n) is 12.8. The fraction of sp³-hybridized carbons (Fsp3) is 0.776. The predicted octanol–water partition coefficient (Wildman–Crippen LogP) is 7.00. The van der Waals surface area contributed by atoms with E-state index in [-0.39, 0.29) is 43.5 Å². The van der Waals surface area contributed by atoms with Gasteiger partial charge in [0.1, 0.15) is 35.9 Å². The molecular formula is C49H71N3O9. The Bertz CT molecular complexity index is 1820. The average Bonchev–Trinajstić information content (AvgIpc) is 3.62. The Balaban J connectivity index is 1.01. The predicted molar refractivity (Wildman–Crippen MR) is 228 cm³/mol. The molecule has 0 spiro atoms. The Kier molecular flexibility index (Phi) is 12.0. The van der Waals surface area contributed by atoms with Gasteiger partial charge in [-0.05, 0) is 93.1 Å². The van der Waals surface area contributed by atoms with Gasteiger partial charge in [-0.3, -0.25) is 19.2 Å². The molecule has 1 aromatic rings. The number of hydrogen-bond acceptors (Lipinski definition) is 10. The van der Waals surface area contributed by atoms with E-state index in [0.29, 0.717) is 55.6 Å². The van der Waals surface area contributed by atoms with Gasteiger partial charge in [-0.15, -0.1) is 0 Å². The number of esters is 1. The van der Waals surface area contributed by atoms with Crippen LogP contribution >= 0.6 is 0 Å². The Morgan fingerprint density at radius 2 is 1.67 bits per heavy atom. The van der Waals surface area contributed by atoms with Gasteiger partial charge in [0.05, 0.1) is 24.9 Å². The summed E-state index contributed by atoms with van der Waals surface area (Å²) in [5.41, 5.74) is 2.69. The van der Waals surface area contributed by atoms with Crippen LogP contribution in [0.2, 0.25) is 0 Å². The molecule has 5 heterocycles. The summed E-state index contributed by atoms with van der Waals surface area (Å²) in [6.07, 6.45) is 14.7. The number of fused-ring (bicyclic) bond motifs is 6. The zero-order valence-corrected chi connectivity index (χ0v) is 37.3. The van der Waals surface area contributed by atoms with E-state index in [4.69, 9.17) is 23.8 Å². The third kappa shape index (κ3) is 7.81. The monoisotopic (exact) mass is 846 g/mol. The van der Waals surface area contributed by atoms with Crippen molar-refractivity contribution in [1.82, 2.24) is 15.3 Å². The van der Waals surface area contributed by atoms with Crippen LogP contribution in [0.1, 0.15) is 148 Å². The van der Waals surface area contributed by atoms with Gasteiger partial charge in [-0.1, -0.05) is 89.3 Å². The lowest BCUT2D eigenvalue weighted by Crippen LogP contribution is -2.70. The molecule has 9 rings (SSSR count). The molecule has 61 heavy (non-hydrogen) atoms.